The summed E-state index contributed by atoms with van der Waals surface area (Å²) in [6.07, 6.45) is 2.58. The fraction of sp³-hybridized carbons (Fsp3) is 0.292. The normalized spacial score (nSPS) is 18.9. The van der Waals surface area contributed by atoms with E-state index in [2.05, 4.69) is 20.9 Å². The second kappa shape index (κ2) is 9.84. The predicted octanol–water partition coefficient (Wildman–Crippen LogP) is 1.98. The average molecular weight is 436 g/mol. The van der Waals surface area contributed by atoms with Gasteiger partial charge in [0, 0.05) is 23.7 Å². The summed E-state index contributed by atoms with van der Waals surface area (Å²) in [5, 5.41) is 9.81. The molecule has 5 N–H and O–H groups in total. The van der Waals surface area contributed by atoms with Crippen LogP contribution >= 0.6 is 0 Å². The van der Waals surface area contributed by atoms with Gasteiger partial charge >= 0.3 is 0 Å². The summed E-state index contributed by atoms with van der Waals surface area (Å²) in [6.45, 7) is 1.18. The lowest BCUT2D eigenvalue weighted by molar-refractivity contribution is -0.127. The number of rotatable bonds is 7. The highest BCUT2D eigenvalue weighted by molar-refractivity contribution is 5.99. The third-order valence-electron chi connectivity index (χ3n) is 5.73. The van der Waals surface area contributed by atoms with Gasteiger partial charge in [-0.3, -0.25) is 14.6 Å². The number of carbonyl (C=O) groups is 2. The van der Waals surface area contributed by atoms with E-state index in [0.717, 1.165) is 16.5 Å². The van der Waals surface area contributed by atoms with Crippen LogP contribution in [0.1, 0.15) is 12.0 Å². The number of hydrogen-bond acceptors (Lipinski definition) is 5. The van der Waals surface area contributed by atoms with Gasteiger partial charge in [-0.1, -0.05) is 18.2 Å². The van der Waals surface area contributed by atoms with Crippen molar-refractivity contribution in [3.8, 4) is 0 Å². The molecule has 166 valence electrons. The fourth-order valence-electron chi connectivity index (χ4n) is 3.91. The van der Waals surface area contributed by atoms with E-state index in [1.165, 1.54) is 12.1 Å². The van der Waals surface area contributed by atoms with Crippen LogP contribution in [-0.4, -0.2) is 42.0 Å². The van der Waals surface area contributed by atoms with Crippen LogP contribution in [-0.2, 0) is 16.0 Å². The quantitative estimate of drug-likeness (QED) is 0.454. The van der Waals surface area contributed by atoms with Gasteiger partial charge < -0.3 is 21.7 Å². The van der Waals surface area contributed by atoms with Crippen LogP contribution in [0, 0.1) is 11.7 Å². The zero-order valence-corrected chi connectivity index (χ0v) is 17.6. The van der Waals surface area contributed by atoms with Gasteiger partial charge in [0.25, 0.3) is 0 Å². The molecule has 3 atom stereocenters. The van der Waals surface area contributed by atoms with Gasteiger partial charge in [-0.15, -0.1) is 0 Å². The van der Waals surface area contributed by atoms with Crippen molar-refractivity contribution in [1.29, 1.82) is 0 Å². The molecular formula is C24H26FN5O2. The van der Waals surface area contributed by atoms with Crippen LogP contribution in [0.4, 0.5) is 10.1 Å². The number of fused-ring (bicyclic) bond motifs is 1. The largest absolute Gasteiger partial charge is 0.343 e. The Labute approximate surface area is 185 Å². The Kier molecular flexibility index (Phi) is 6.72. The minimum absolute atomic E-state index is 0.236. The Balaban J connectivity index is 1.50. The Morgan fingerprint density at radius 1 is 1.19 bits per heavy atom. The third-order valence-corrected chi connectivity index (χ3v) is 5.73. The smallest absolute Gasteiger partial charge is 0.247 e. The molecule has 3 aromatic rings. The van der Waals surface area contributed by atoms with E-state index in [1.54, 1.807) is 24.4 Å². The van der Waals surface area contributed by atoms with Crippen LogP contribution < -0.4 is 21.7 Å². The van der Waals surface area contributed by atoms with Crippen molar-refractivity contribution in [3.63, 3.8) is 0 Å². The van der Waals surface area contributed by atoms with Gasteiger partial charge in [-0.25, -0.2) is 4.39 Å². The molecule has 1 aliphatic heterocycles. The molecule has 0 spiro atoms. The number of carbonyl (C=O) groups excluding carboxylic acids is 2. The topological polar surface area (TPSA) is 109 Å². The maximum absolute atomic E-state index is 13.3. The molecule has 2 amide bonds. The van der Waals surface area contributed by atoms with E-state index >= 15 is 0 Å². The van der Waals surface area contributed by atoms with E-state index < -0.39 is 6.04 Å². The lowest BCUT2D eigenvalue weighted by atomic mass is 10.0. The molecule has 1 aromatic heterocycles. The van der Waals surface area contributed by atoms with Gasteiger partial charge in [0.1, 0.15) is 11.9 Å². The van der Waals surface area contributed by atoms with E-state index in [1.807, 2.05) is 24.3 Å². The SMILES string of the molecule is NC[C@H]1CN[C@H](C(=O)N[C@H](Cc2ccc(F)cc2)C(=O)Nc2ccc3ncccc3c2)C1. The molecule has 32 heavy (non-hydrogen) atoms. The molecule has 1 fully saturated rings. The summed E-state index contributed by atoms with van der Waals surface area (Å²) in [5.74, 6) is -0.710. The molecule has 0 saturated carbocycles. The summed E-state index contributed by atoms with van der Waals surface area (Å²) < 4.78 is 13.3. The molecule has 1 aliphatic rings. The fourth-order valence-corrected chi connectivity index (χ4v) is 3.91. The first-order chi connectivity index (χ1) is 15.5. The molecule has 0 unspecified atom stereocenters. The van der Waals surface area contributed by atoms with Gasteiger partial charge in [0.15, 0.2) is 0 Å². The van der Waals surface area contributed by atoms with Crippen LogP contribution in [0.3, 0.4) is 0 Å². The number of nitrogens with one attached hydrogen (secondary N) is 3. The number of nitrogens with zero attached hydrogens (tertiary/aromatic N) is 1. The molecule has 0 radical (unpaired) electrons. The summed E-state index contributed by atoms with van der Waals surface area (Å²) in [7, 11) is 0. The predicted molar refractivity (Wildman–Crippen MR) is 121 cm³/mol. The van der Waals surface area contributed by atoms with Gasteiger partial charge in [0.2, 0.25) is 11.8 Å². The zero-order chi connectivity index (χ0) is 22.5. The van der Waals surface area contributed by atoms with Crippen LogP contribution in [0.25, 0.3) is 10.9 Å². The Morgan fingerprint density at radius 2 is 2.00 bits per heavy atom. The third kappa shape index (κ3) is 5.27. The molecule has 8 heteroatoms. The summed E-state index contributed by atoms with van der Waals surface area (Å²) in [5.41, 5.74) is 7.89. The summed E-state index contributed by atoms with van der Waals surface area (Å²) >= 11 is 0. The van der Waals surface area contributed by atoms with Crippen LogP contribution in [0.5, 0.6) is 0 Å². The maximum Gasteiger partial charge on any atom is 0.247 e. The first-order valence-electron chi connectivity index (χ1n) is 10.7. The number of amides is 2. The molecule has 1 saturated heterocycles. The number of benzene rings is 2. The minimum Gasteiger partial charge on any atom is -0.343 e. The Bertz CT molecular complexity index is 1100. The van der Waals surface area contributed by atoms with Crippen molar-refractivity contribution in [1.82, 2.24) is 15.6 Å². The van der Waals surface area contributed by atoms with E-state index in [4.69, 9.17) is 5.73 Å². The molecule has 7 nitrogen and oxygen atoms in total. The Morgan fingerprint density at radius 3 is 2.75 bits per heavy atom. The van der Waals surface area contributed by atoms with Crippen molar-refractivity contribution < 1.29 is 14.0 Å². The number of aromatic nitrogens is 1. The molecule has 0 bridgehead atoms. The van der Waals surface area contributed by atoms with Crippen molar-refractivity contribution in [2.24, 2.45) is 11.7 Å². The summed E-state index contributed by atoms with van der Waals surface area (Å²) in [4.78, 5) is 30.2. The first kappa shape index (κ1) is 21.9. The maximum atomic E-state index is 13.3. The van der Waals surface area contributed by atoms with Crippen molar-refractivity contribution in [3.05, 3.63) is 72.2 Å². The average Bonchev–Trinajstić information content (AvgIpc) is 3.29. The number of anilines is 1. The zero-order valence-electron chi connectivity index (χ0n) is 17.6. The summed E-state index contributed by atoms with van der Waals surface area (Å²) in [6, 6.07) is 13.9. The number of halogens is 1. The number of pyridine rings is 1. The molecule has 2 heterocycles. The highest BCUT2D eigenvalue weighted by atomic mass is 19.1. The number of hydrogen-bond donors (Lipinski definition) is 4. The van der Waals surface area contributed by atoms with E-state index in [0.29, 0.717) is 25.2 Å². The number of nitrogens with two attached hydrogens (primary N) is 1. The highest BCUT2D eigenvalue weighted by Crippen LogP contribution is 2.18. The molecule has 2 aromatic carbocycles. The van der Waals surface area contributed by atoms with Crippen molar-refractivity contribution in [2.75, 3.05) is 18.4 Å². The Hall–Kier alpha value is -3.36. The minimum atomic E-state index is -0.823. The monoisotopic (exact) mass is 435 g/mol. The lowest BCUT2D eigenvalue weighted by Crippen LogP contribution is -2.50. The van der Waals surface area contributed by atoms with Gasteiger partial charge in [-0.2, -0.15) is 0 Å². The second-order valence-electron chi connectivity index (χ2n) is 8.09. The molecule has 4 rings (SSSR count). The van der Waals surface area contributed by atoms with Gasteiger partial charge in [0.05, 0.1) is 11.6 Å². The lowest BCUT2D eigenvalue weighted by Gasteiger charge is -2.21. The molecule has 0 aliphatic carbocycles. The van der Waals surface area contributed by atoms with E-state index in [-0.39, 0.29) is 36.0 Å². The van der Waals surface area contributed by atoms with Crippen LogP contribution in [0.2, 0.25) is 0 Å². The standard InChI is InChI=1S/C24H26FN5O2/c25-18-5-3-15(4-6-18)10-22(30-23(31)21-11-16(13-26)14-28-21)24(32)29-19-7-8-20-17(12-19)2-1-9-27-20/h1-9,12,16,21-22,28H,10-11,13-14,26H2,(H,29,32)(H,30,31)/t16-,21-,22+/m0/s1. The van der Waals surface area contributed by atoms with Gasteiger partial charge in [-0.05, 0) is 67.4 Å². The second-order valence-corrected chi connectivity index (χ2v) is 8.09. The molecular weight excluding hydrogens is 409 g/mol. The van der Waals surface area contributed by atoms with E-state index in [9.17, 15) is 14.0 Å². The highest BCUT2D eigenvalue weighted by Gasteiger charge is 2.31. The van der Waals surface area contributed by atoms with Crippen molar-refractivity contribution >= 4 is 28.4 Å². The first-order valence-corrected chi connectivity index (χ1v) is 10.7. The van der Waals surface area contributed by atoms with Crippen LogP contribution in [0.15, 0.2) is 60.8 Å². The van der Waals surface area contributed by atoms with Crippen molar-refractivity contribution in [2.45, 2.75) is 24.9 Å².